The van der Waals surface area contributed by atoms with Gasteiger partial charge in [-0.2, -0.15) is 0 Å². The van der Waals surface area contributed by atoms with Crippen LogP contribution in [0.1, 0.15) is 12.8 Å². The number of piperidine rings is 1. The Kier molecular flexibility index (Phi) is 4.50. The quantitative estimate of drug-likeness (QED) is 0.869. The SMILES string of the molecule is CNS(=O)(=O)c1ccc(N2CCCC(F)(CO)C2)c(F)c1. The Morgan fingerprint density at radius 2 is 2.19 bits per heavy atom. The van der Waals surface area contributed by atoms with Crippen LogP contribution in [0.25, 0.3) is 0 Å². The van der Waals surface area contributed by atoms with Crippen molar-refractivity contribution in [2.45, 2.75) is 23.4 Å². The fraction of sp³-hybridized carbons (Fsp3) is 0.538. The number of nitrogens with one attached hydrogen (secondary N) is 1. The van der Waals surface area contributed by atoms with Crippen LogP contribution in [0.15, 0.2) is 23.1 Å². The lowest BCUT2D eigenvalue weighted by molar-refractivity contribution is 0.0566. The summed E-state index contributed by atoms with van der Waals surface area (Å²) in [6.45, 7) is -0.267. The summed E-state index contributed by atoms with van der Waals surface area (Å²) in [5, 5.41) is 9.08. The first-order valence-corrected chi connectivity index (χ1v) is 8.07. The van der Waals surface area contributed by atoms with Gasteiger partial charge in [0.2, 0.25) is 10.0 Å². The Hall–Kier alpha value is -1.25. The van der Waals surface area contributed by atoms with E-state index in [1.165, 1.54) is 24.1 Å². The molecule has 8 heteroatoms. The first kappa shape index (κ1) is 16.1. The summed E-state index contributed by atoms with van der Waals surface area (Å²) in [5.41, 5.74) is -1.61. The van der Waals surface area contributed by atoms with Crippen LogP contribution in [-0.2, 0) is 10.0 Å². The van der Waals surface area contributed by atoms with Crippen LogP contribution >= 0.6 is 0 Å². The minimum Gasteiger partial charge on any atom is -0.393 e. The van der Waals surface area contributed by atoms with E-state index in [1.54, 1.807) is 0 Å². The molecule has 5 nitrogen and oxygen atoms in total. The van der Waals surface area contributed by atoms with Crippen LogP contribution in [0.2, 0.25) is 0 Å². The molecule has 1 aromatic carbocycles. The minimum atomic E-state index is -3.72. The van der Waals surface area contributed by atoms with Crippen LogP contribution in [-0.4, -0.2) is 45.9 Å². The normalized spacial score (nSPS) is 23.3. The average molecular weight is 320 g/mol. The van der Waals surface area contributed by atoms with E-state index in [4.69, 9.17) is 5.11 Å². The topological polar surface area (TPSA) is 69.6 Å². The summed E-state index contributed by atoms with van der Waals surface area (Å²) < 4.78 is 53.6. The number of rotatable bonds is 4. The van der Waals surface area contributed by atoms with Crippen molar-refractivity contribution in [3.63, 3.8) is 0 Å². The number of aliphatic hydroxyl groups excluding tert-OH is 1. The maximum atomic E-state index is 14.2. The number of benzene rings is 1. The third-order valence-corrected chi connectivity index (χ3v) is 5.06. The standard InChI is InChI=1S/C13H18F2N2O3S/c1-16-21(19,20)10-3-4-12(11(14)7-10)17-6-2-5-13(15,8-17)9-18/h3-4,7,16,18H,2,5-6,8-9H2,1H3. The smallest absolute Gasteiger partial charge is 0.240 e. The first-order valence-electron chi connectivity index (χ1n) is 6.59. The molecule has 1 atom stereocenters. The fourth-order valence-electron chi connectivity index (χ4n) is 2.45. The third-order valence-electron chi connectivity index (χ3n) is 3.65. The number of sulfonamides is 1. The van der Waals surface area contributed by atoms with Crippen molar-refractivity contribution in [1.29, 1.82) is 0 Å². The van der Waals surface area contributed by atoms with Crippen molar-refractivity contribution in [3.05, 3.63) is 24.0 Å². The zero-order valence-corrected chi connectivity index (χ0v) is 12.5. The van der Waals surface area contributed by atoms with E-state index in [0.29, 0.717) is 13.0 Å². The number of anilines is 1. The van der Waals surface area contributed by atoms with E-state index in [2.05, 4.69) is 4.72 Å². The van der Waals surface area contributed by atoms with Gasteiger partial charge in [0.1, 0.15) is 5.82 Å². The molecule has 2 N–H and O–H groups in total. The predicted molar refractivity (Wildman–Crippen MR) is 75.0 cm³/mol. The summed E-state index contributed by atoms with van der Waals surface area (Å²) >= 11 is 0. The van der Waals surface area contributed by atoms with Gasteiger partial charge >= 0.3 is 0 Å². The molecule has 118 valence electrons. The molecule has 1 aliphatic heterocycles. The number of alkyl halides is 1. The van der Waals surface area contributed by atoms with Gasteiger partial charge in [0.25, 0.3) is 0 Å². The highest BCUT2D eigenvalue weighted by molar-refractivity contribution is 7.89. The van der Waals surface area contributed by atoms with Gasteiger partial charge in [-0.15, -0.1) is 0 Å². The summed E-state index contributed by atoms with van der Waals surface area (Å²) in [7, 11) is -2.48. The Bertz CT molecular complexity index is 624. The average Bonchev–Trinajstić information content (AvgIpc) is 2.47. The van der Waals surface area contributed by atoms with Gasteiger partial charge in [-0.3, -0.25) is 0 Å². The second kappa shape index (κ2) is 5.86. The number of hydrogen-bond donors (Lipinski definition) is 2. The van der Waals surface area contributed by atoms with Crippen molar-refractivity contribution in [1.82, 2.24) is 4.72 Å². The molecule has 1 fully saturated rings. The van der Waals surface area contributed by atoms with Crippen LogP contribution < -0.4 is 9.62 Å². The molecule has 0 bridgehead atoms. The Balaban J connectivity index is 2.29. The molecule has 1 aromatic rings. The van der Waals surface area contributed by atoms with Gasteiger partial charge < -0.3 is 10.0 Å². The van der Waals surface area contributed by atoms with Gasteiger partial charge in [-0.1, -0.05) is 0 Å². The van der Waals surface area contributed by atoms with E-state index in [0.717, 1.165) is 6.07 Å². The zero-order chi connectivity index (χ0) is 15.7. The van der Waals surface area contributed by atoms with Gasteiger partial charge in [0.05, 0.1) is 23.7 Å². The van der Waals surface area contributed by atoms with E-state index in [1.807, 2.05) is 0 Å². The molecule has 0 aliphatic carbocycles. The molecule has 1 saturated heterocycles. The Morgan fingerprint density at radius 1 is 1.48 bits per heavy atom. The molecule has 2 rings (SSSR count). The van der Waals surface area contributed by atoms with Crippen molar-refractivity contribution in [2.24, 2.45) is 0 Å². The molecule has 0 radical (unpaired) electrons. The van der Waals surface area contributed by atoms with E-state index < -0.39 is 28.1 Å². The largest absolute Gasteiger partial charge is 0.393 e. The molecule has 1 unspecified atom stereocenters. The summed E-state index contributed by atoms with van der Waals surface area (Å²) in [4.78, 5) is 1.31. The molecule has 1 aliphatic rings. The van der Waals surface area contributed by atoms with E-state index in [-0.39, 0.29) is 23.5 Å². The molecule has 0 spiro atoms. The number of hydrogen-bond acceptors (Lipinski definition) is 4. The van der Waals surface area contributed by atoms with Crippen LogP contribution in [0.5, 0.6) is 0 Å². The van der Waals surface area contributed by atoms with Crippen molar-refractivity contribution >= 4 is 15.7 Å². The fourth-order valence-corrected chi connectivity index (χ4v) is 3.19. The maximum absolute atomic E-state index is 14.2. The number of aliphatic hydroxyl groups is 1. The second-order valence-electron chi connectivity index (χ2n) is 5.15. The Morgan fingerprint density at radius 3 is 2.76 bits per heavy atom. The summed E-state index contributed by atoms with van der Waals surface area (Å²) in [6, 6.07) is 3.51. The molecular formula is C13H18F2N2O3S. The molecule has 0 amide bonds. The lowest BCUT2D eigenvalue weighted by atomic mass is 9.95. The van der Waals surface area contributed by atoms with Crippen LogP contribution in [0.3, 0.4) is 0 Å². The maximum Gasteiger partial charge on any atom is 0.240 e. The van der Waals surface area contributed by atoms with Crippen molar-refractivity contribution < 1.29 is 22.3 Å². The van der Waals surface area contributed by atoms with Gasteiger partial charge in [-0.05, 0) is 38.1 Å². The summed E-state index contributed by atoms with van der Waals surface area (Å²) in [5.74, 6) is -0.728. The predicted octanol–water partition coefficient (Wildman–Crippen LogP) is 1.03. The highest BCUT2D eigenvalue weighted by atomic mass is 32.2. The Labute approximate surface area is 122 Å². The minimum absolute atomic E-state index is 0.113. The monoisotopic (exact) mass is 320 g/mol. The lowest BCUT2D eigenvalue weighted by Gasteiger charge is -2.37. The second-order valence-corrected chi connectivity index (χ2v) is 7.04. The first-order chi connectivity index (χ1) is 9.81. The van der Waals surface area contributed by atoms with E-state index >= 15 is 0 Å². The highest BCUT2D eigenvalue weighted by Crippen LogP contribution is 2.31. The van der Waals surface area contributed by atoms with Crippen molar-refractivity contribution in [2.75, 3.05) is 31.6 Å². The van der Waals surface area contributed by atoms with Crippen molar-refractivity contribution in [3.8, 4) is 0 Å². The molecule has 21 heavy (non-hydrogen) atoms. The molecule has 1 heterocycles. The summed E-state index contributed by atoms with van der Waals surface area (Å²) in [6.07, 6.45) is 0.723. The number of halogens is 2. The van der Waals surface area contributed by atoms with Crippen LogP contribution in [0, 0.1) is 5.82 Å². The molecule has 0 saturated carbocycles. The molecule has 0 aromatic heterocycles. The van der Waals surface area contributed by atoms with Crippen LogP contribution in [0.4, 0.5) is 14.5 Å². The molecular weight excluding hydrogens is 302 g/mol. The van der Waals surface area contributed by atoms with E-state index in [9.17, 15) is 17.2 Å². The van der Waals surface area contributed by atoms with Gasteiger partial charge in [-0.25, -0.2) is 21.9 Å². The lowest BCUT2D eigenvalue weighted by Crippen LogP contribution is -2.47. The highest BCUT2D eigenvalue weighted by Gasteiger charge is 2.35. The van der Waals surface area contributed by atoms with Gasteiger partial charge in [0, 0.05) is 6.54 Å². The third kappa shape index (κ3) is 3.33. The zero-order valence-electron chi connectivity index (χ0n) is 11.6. The van der Waals surface area contributed by atoms with Gasteiger partial charge in [0.15, 0.2) is 5.67 Å². The number of nitrogens with zero attached hydrogens (tertiary/aromatic N) is 1.